The smallest absolute Gasteiger partial charge is 0.234 e. The number of nitrogen functional groups attached to an aromatic ring is 1. The first-order valence-electron chi connectivity index (χ1n) is 14.5. The SMILES string of the molecule is N#Cc1nccc(N2CC3(CN(Cc4ccc(-n5c(-c6cccnc6N)nc6ccc(-c7ccccc7)nc65)cc4)C3)C2)n1. The molecule has 4 aromatic heterocycles. The fraction of sp³-hybridized carbons (Fsp3) is 0.176. The molecule has 2 N–H and O–H groups in total. The third kappa shape index (κ3) is 4.51. The van der Waals surface area contributed by atoms with E-state index in [0.717, 1.165) is 72.2 Å². The fourth-order valence-electron chi connectivity index (χ4n) is 6.49. The number of hydrogen-bond donors (Lipinski definition) is 1. The summed E-state index contributed by atoms with van der Waals surface area (Å²) >= 11 is 0. The molecule has 2 aromatic carbocycles. The van der Waals surface area contributed by atoms with Crippen LogP contribution in [0, 0.1) is 16.7 Å². The molecule has 6 heterocycles. The second kappa shape index (κ2) is 10.3. The van der Waals surface area contributed by atoms with Crippen LogP contribution in [0.2, 0.25) is 0 Å². The molecule has 0 aliphatic carbocycles. The molecule has 2 fully saturated rings. The van der Waals surface area contributed by atoms with Crippen molar-refractivity contribution in [3.63, 3.8) is 0 Å². The highest BCUT2D eigenvalue weighted by Crippen LogP contribution is 2.42. The predicted molar refractivity (Wildman–Crippen MR) is 169 cm³/mol. The minimum absolute atomic E-state index is 0.217. The Morgan fingerprint density at radius 3 is 2.39 bits per heavy atom. The molecule has 0 amide bonds. The highest BCUT2D eigenvalue weighted by molar-refractivity contribution is 5.84. The highest BCUT2D eigenvalue weighted by Gasteiger charge is 2.51. The number of fused-ring (bicyclic) bond motifs is 1. The summed E-state index contributed by atoms with van der Waals surface area (Å²) in [4.78, 5) is 27.4. The van der Waals surface area contributed by atoms with Crippen molar-refractivity contribution in [2.45, 2.75) is 6.54 Å². The van der Waals surface area contributed by atoms with E-state index < -0.39 is 0 Å². The van der Waals surface area contributed by atoms with Crippen molar-refractivity contribution in [2.24, 2.45) is 5.41 Å². The average molecular weight is 577 g/mol. The molecule has 0 atom stereocenters. The Morgan fingerprint density at radius 1 is 0.795 bits per heavy atom. The van der Waals surface area contributed by atoms with Gasteiger partial charge in [-0.3, -0.25) is 9.47 Å². The zero-order valence-electron chi connectivity index (χ0n) is 23.9. The van der Waals surface area contributed by atoms with Crippen molar-refractivity contribution >= 4 is 22.8 Å². The van der Waals surface area contributed by atoms with Crippen molar-refractivity contribution in [3.8, 4) is 34.4 Å². The Balaban J connectivity index is 1.04. The molecule has 2 saturated heterocycles. The van der Waals surface area contributed by atoms with Crippen LogP contribution >= 0.6 is 0 Å². The molecule has 1 spiro atoms. The fourth-order valence-corrected chi connectivity index (χ4v) is 6.49. The number of nitrogens with two attached hydrogens (primary N) is 1. The van der Waals surface area contributed by atoms with Gasteiger partial charge in [0.15, 0.2) is 11.5 Å². The first-order chi connectivity index (χ1) is 21.6. The summed E-state index contributed by atoms with van der Waals surface area (Å²) in [6.07, 6.45) is 3.34. The normalized spacial score (nSPS) is 15.6. The number of aromatic nitrogens is 6. The first-order valence-corrected chi connectivity index (χ1v) is 14.5. The van der Waals surface area contributed by atoms with E-state index in [9.17, 15) is 0 Å². The molecule has 0 unspecified atom stereocenters. The van der Waals surface area contributed by atoms with Gasteiger partial charge in [-0.2, -0.15) is 5.26 Å². The van der Waals surface area contributed by atoms with E-state index in [0.29, 0.717) is 17.1 Å². The first kappa shape index (κ1) is 26.0. The van der Waals surface area contributed by atoms with Gasteiger partial charge >= 0.3 is 0 Å². The number of likely N-dealkylation sites (tertiary alicyclic amines) is 1. The third-order valence-electron chi connectivity index (χ3n) is 8.49. The van der Waals surface area contributed by atoms with Crippen molar-refractivity contribution < 1.29 is 0 Å². The molecule has 2 aliphatic rings. The highest BCUT2D eigenvalue weighted by atomic mass is 15.3. The monoisotopic (exact) mass is 576 g/mol. The number of rotatable bonds is 6. The molecule has 0 bridgehead atoms. The second-order valence-corrected chi connectivity index (χ2v) is 11.6. The summed E-state index contributed by atoms with van der Waals surface area (Å²) in [5.41, 5.74) is 13.1. The summed E-state index contributed by atoms with van der Waals surface area (Å²) in [6, 6.07) is 30.5. The molecule has 44 heavy (non-hydrogen) atoms. The van der Waals surface area contributed by atoms with Gasteiger partial charge in [0.2, 0.25) is 5.82 Å². The molecule has 0 radical (unpaired) electrons. The van der Waals surface area contributed by atoms with E-state index in [4.69, 9.17) is 21.0 Å². The average Bonchev–Trinajstić information content (AvgIpc) is 3.41. The molecule has 2 aliphatic heterocycles. The van der Waals surface area contributed by atoms with Crippen LogP contribution in [0.3, 0.4) is 0 Å². The van der Waals surface area contributed by atoms with E-state index in [1.54, 1.807) is 12.4 Å². The Labute approximate surface area is 254 Å². The Hall–Kier alpha value is -5.66. The number of anilines is 2. The Bertz CT molecular complexity index is 2030. The van der Waals surface area contributed by atoms with Gasteiger partial charge in [-0.1, -0.05) is 42.5 Å². The largest absolute Gasteiger partial charge is 0.383 e. The molecule has 214 valence electrons. The number of hydrogen-bond acceptors (Lipinski definition) is 9. The van der Waals surface area contributed by atoms with Gasteiger partial charge in [-0.15, -0.1) is 0 Å². The minimum Gasteiger partial charge on any atom is -0.383 e. The van der Waals surface area contributed by atoms with E-state index in [1.807, 2.05) is 54.6 Å². The van der Waals surface area contributed by atoms with Crippen LogP contribution in [-0.2, 0) is 6.54 Å². The van der Waals surface area contributed by atoms with Gasteiger partial charge in [-0.25, -0.2) is 24.9 Å². The topological polar surface area (TPSA) is 126 Å². The number of benzene rings is 2. The van der Waals surface area contributed by atoms with Crippen LogP contribution in [0.4, 0.5) is 11.6 Å². The standard InChI is InChI=1S/C34H28N10/c35-17-29-37-16-14-30(41-29)43-21-34(22-43)19-42(20-34)18-23-8-10-25(11-9-23)44-32(26-7-4-15-38-31(26)36)40-28-13-12-27(39-33(28)44)24-5-2-1-3-6-24/h1-16H,18-22H2,(H2,36,38). The van der Waals surface area contributed by atoms with Crippen LogP contribution in [-0.4, -0.2) is 60.6 Å². The number of imidazole rings is 1. The van der Waals surface area contributed by atoms with Gasteiger partial charge in [0.25, 0.3) is 0 Å². The van der Waals surface area contributed by atoms with E-state index in [-0.39, 0.29) is 5.82 Å². The second-order valence-electron chi connectivity index (χ2n) is 11.6. The van der Waals surface area contributed by atoms with Crippen LogP contribution in [0.5, 0.6) is 0 Å². The molecular weight excluding hydrogens is 548 g/mol. The predicted octanol–water partition coefficient (Wildman–Crippen LogP) is 4.72. The quantitative estimate of drug-likeness (QED) is 0.300. The molecule has 10 heteroatoms. The van der Waals surface area contributed by atoms with Crippen LogP contribution < -0.4 is 10.6 Å². The van der Waals surface area contributed by atoms with Crippen molar-refractivity contribution in [1.82, 2.24) is 34.4 Å². The van der Waals surface area contributed by atoms with Crippen molar-refractivity contribution in [3.05, 3.63) is 109 Å². The lowest BCUT2D eigenvalue weighted by Crippen LogP contribution is -2.72. The molecule has 10 nitrogen and oxygen atoms in total. The number of nitriles is 1. The van der Waals surface area contributed by atoms with Crippen LogP contribution in [0.1, 0.15) is 11.4 Å². The number of pyridine rings is 2. The van der Waals surface area contributed by atoms with Crippen LogP contribution in [0.25, 0.3) is 39.5 Å². The lowest BCUT2D eigenvalue weighted by Gasteiger charge is -2.60. The van der Waals surface area contributed by atoms with Gasteiger partial charge in [0, 0.05) is 61.8 Å². The maximum Gasteiger partial charge on any atom is 0.234 e. The third-order valence-corrected chi connectivity index (χ3v) is 8.49. The lowest BCUT2D eigenvalue weighted by atomic mass is 9.72. The van der Waals surface area contributed by atoms with Crippen molar-refractivity contribution in [1.29, 1.82) is 5.26 Å². The number of nitrogens with zero attached hydrogens (tertiary/aromatic N) is 9. The summed E-state index contributed by atoms with van der Waals surface area (Å²) < 4.78 is 2.07. The van der Waals surface area contributed by atoms with E-state index >= 15 is 0 Å². The van der Waals surface area contributed by atoms with E-state index in [1.165, 1.54) is 5.56 Å². The molecule has 8 rings (SSSR count). The summed E-state index contributed by atoms with van der Waals surface area (Å²) in [5, 5.41) is 9.10. The maximum atomic E-state index is 9.10. The van der Waals surface area contributed by atoms with Gasteiger partial charge in [-0.05, 0) is 48.0 Å². The summed E-state index contributed by atoms with van der Waals surface area (Å²) in [7, 11) is 0. The maximum absolute atomic E-state index is 9.10. The summed E-state index contributed by atoms with van der Waals surface area (Å²) in [5.74, 6) is 2.19. The van der Waals surface area contributed by atoms with Crippen LogP contribution in [0.15, 0.2) is 97.3 Å². The molecule has 0 saturated carbocycles. The van der Waals surface area contributed by atoms with Gasteiger partial charge in [0.05, 0.1) is 11.3 Å². The van der Waals surface area contributed by atoms with Gasteiger partial charge in [0.1, 0.15) is 23.2 Å². The lowest BCUT2D eigenvalue weighted by molar-refractivity contribution is -0.0276. The minimum atomic E-state index is 0.217. The zero-order valence-corrected chi connectivity index (χ0v) is 23.9. The van der Waals surface area contributed by atoms with Crippen molar-refractivity contribution in [2.75, 3.05) is 36.8 Å². The molecule has 6 aromatic rings. The summed E-state index contributed by atoms with van der Waals surface area (Å²) in [6.45, 7) is 4.89. The molecular formula is C34H28N10. The Morgan fingerprint density at radius 2 is 1.61 bits per heavy atom. The Kier molecular flexibility index (Phi) is 6.06. The van der Waals surface area contributed by atoms with Gasteiger partial charge < -0.3 is 10.6 Å². The van der Waals surface area contributed by atoms with E-state index in [2.05, 4.69) is 65.7 Å². The zero-order chi connectivity index (χ0) is 29.7.